The molecule has 150 valence electrons. The number of benzene rings is 2. The zero-order valence-corrected chi connectivity index (χ0v) is 17.3. The van der Waals surface area contributed by atoms with E-state index in [1.807, 2.05) is 42.5 Å². The first-order chi connectivity index (χ1) is 13.9. The molecule has 0 saturated carbocycles. The van der Waals surface area contributed by atoms with Gasteiger partial charge in [-0.05, 0) is 50.5 Å². The average molecular weight is 410 g/mol. The molecule has 0 fully saturated rings. The van der Waals surface area contributed by atoms with Gasteiger partial charge in [0.1, 0.15) is 5.25 Å². The number of sulfone groups is 1. The van der Waals surface area contributed by atoms with Gasteiger partial charge in [-0.3, -0.25) is 4.79 Å². The van der Waals surface area contributed by atoms with Gasteiger partial charge in [0.15, 0.2) is 9.84 Å². The van der Waals surface area contributed by atoms with Crippen molar-refractivity contribution < 1.29 is 13.2 Å². The number of nitrogens with zero attached hydrogens (tertiary/aromatic N) is 3. The summed E-state index contributed by atoms with van der Waals surface area (Å²) in [6.45, 7) is 3.75. The first-order valence-electron chi connectivity index (χ1n) is 9.70. The Labute approximate surface area is 170 Å². The van der Waals surface area contributed by atoms with E-state index in [4.69, 9.17) is 0 Å². The van der Waals surface area contributed by atoms with Crippen LogP contribution in [0.5, 0.6) is 0 Å². The summed E-state index contributed by atoms with van der Waals surface area (Å²) in [5.41, 5.74) is 4.21. The molecule has 7 heteroatoms. The van der Waals surface area contributed by atoms with Crippen LogP contribution < -0.4 is 4.90 Å². The highest BCUT2D eigenvalue weighted by molar-refractivity contribution is 7.92. The van der Waals surface area contributed by atoms with Crippen LogP contribution in [0.1, 0.15) is 30.3 Å². The molecule has 2 heterocycles. The summed E-state index contributed by atoms with van der Waals surface area (Å²) < 4.78 is 26.1. The number of hydrogen-bond donors (Lipinski definition) is 0. The lowest BCUT2D eigenvalue weighted by Gasteiger charge is -2.31. The summed E-state index contributed by atoms with van der Waals surface area (Å²) in [4.78, 5) is 23.7. The van der Waals surface area contributed by atoms with Gasteiger partial charge in [-0.2, -0.15) is 0 Å². The van der Waals surface area contributed by atoms with E-state index in [9.17, 15) is 13.2 Å². The van der Waals surface area contributed by atoms with Crippen molar-refractivity contribution in [2.75, 3.05) is 11.4 Å². The zero-order chi connectivity index (χ0) is 20.6. The smallest absolute Gasteiger partial charge is 0.245 e. The van der Waals surface area contributed by atoms with Crippen molar-refractivity contribution in [2.24, 2.45) is 0 Å². The summed E-state index contributed by atoms with van der Waals surface area (Å²) in [7, 11) is -3.75. The van der Waals surface area contributed by atoms with Crippen LogP contribution in [0.25, 0.3) is 11.0 Å². The second-order valence-electron chi connectivity index (χ2n) is 7.42. The molecule has 29 heavy (non-hydrogen) atoms. The van der Waals surface area contributed by atoms with E-state index >= 15 is 0 Å². The second-order valence-corrected chi connectivity index (χ2v) is 9.74. The molecule has 0 saturated heterocycles. The number of amides is 1. The van der Waals surface area contributed by atoms with E-state index in [-0.39, 0.29) is 11.7 Å². The highest BCUT2D eigenvalue weighted by Gasteiger charge is 2.34. The van der Waals surface area contributed by atoms with Gasteiger partial charge in [0.2, 0.25) is 5.91 Å². The highest BCUT2D eigenvalue weighted by Crippen LogP contribution is 2.28. The molecule has 1 aromatic heterocycles. The Kier molecular flexibility index (Phi) is 5.08. The molecule has 6 nitrogen and oxygen atoms in total. The van der Waals surface area contributed by atoms with Gasteiger partial charge in [0.05, 0.1) is 28.2 Å². The molecule has 0 N–H and O–H groups in total. The van der Waals surface area contributed by atoms with Crippen LogP contribution in [0, 0.1) is 6.92 Å². The monoisotopic (exact) mass is 409 g/mol. The number of carbonyl (C=O) groups excluding carboxylic acids is 1. The fourth-order valence-corrected chi connectivity index (χ4v) is 5.05. The minimum Gasteiger partial charge on any atom is -0.311 e. The molecule has 1 aliphatic rings. The normalized spacial score (nSPS) is 15.2. The maximum atomic E-state index is 13.1. The largest absolute Gasteiger partial charge is 0.311 e. The maximum Gasteiger partial charge on any atom is 0.245 e. The lowest BCUT2D eigenvalue weighted by molar-refractivity contribution is -0.118. The number of para-hydroxylation sites is 3. The van der Waals surface area contributed by atoms with Crippen molar-refractivity contribution in [3.63, 3.8) is 0 Å². The van der Waals surface area contributed by atoms with E-state index in [2.05, 4.69) is 9.97 Å². The lowest BCUT2D eigenvalue weighted by Crippen LogP contribution is -2.44. The minimum atomic E-state index is -3.75. The van der Waals surface area contributed by atoms with Crippen molar-refractivity contribution in [1.29, 1.82) is 0 Å². The Morgan fingerprint density at radius 2 is 1.72 bits per heavy atom. The Balaban J connectivity index is 1.61. The Hall–Kier alpha value is -2.80. The number of carbonyl (C=O) groups is 1. The molecule has 4 rings (SSSR count). The maximum absolute atomic E-state index is 13.1. The topological polar surface area (TPSA) is 80.2 Å². The van der Waals surface area contributed by atoms with Gasteiger partial charge < -0.3 is 4.90 Å². The van der Waals surface area contributed by atoms with Gasteiger partial charge in [-0.1, -0.05) is 30.3 Å². The Bertz CT molecular complexity index is 1190. The summed E-state index contributed by atoms with van der Waals surface area (Å²) >= 11 is 0. The minimum absolute atomic E-state index is 0.306. The van der Waals surface area contributed by atoms with E-state index in [0.717, 1.165) is 29.6 Å². The number of fused-ring (bicyclic) bond motifs is 2. The molecule has 0 unspecified atom stereocenters. The third kappa shape index (κ3) is 3.74. The van der Waals surface area contributed by atoms with Crippen LogP contribution in [0.4, 0.5) is 5.69 Å². The van der Waals surface area contributed by atoms with Gasteiger partial charge in [0, 0.05) is 12.2 Å². The van der Waals surface area contributed by atoms with E-state index in [1.165, 1.54) is 6.92 Å². The van der Waals surface area contributed by atoms with Crippen molar-refractivity contribution in [2.45, 2.75) is 37.7 Å². The summed E-state index contributed by atoms with van der Waals surface area (Å²) in [5, 5.41) is -1.15. The summed E-state index contributed by atoms with van der Waals surface area (Å²) in [6.07, 6.45) is 1.72. The fourth-order valence-electron chi connectivity index (χ4n) is 3.71. The third-order valence-electron chi connectivity index (χ3n) is 5.44. The van der Waals surface area contributed by atoms with Crippen molar-refractivity contribution in [1.82, 2.24) is 9.97 Å². The standard InChI is InChI=1S/C22H23N3O3S/c1-15-20(24-19-11-5-4-10-18(19)23-15)14-29(27,28)16(2)22(26)25-13-7-9-17-8-3-6-12-21(17)25/h3-6,8,10-12,16H,7,9,13-14H2,1-2H3/t16-/m0/s1. The predicted octanol–water partition coefficient (Wildman–Crippen LogP) is 3.22. The quantitative estimate of drug-likeness (QED) is 0.661. The number of aromatic nitrogens is 2. The summed E-state index contributed by atoms with van der Waals surface area (Å²) in [6, 6.07) is 15.0. The van der Waals surface area contributed by atoms with Gasteiger partial charge in [-0.15, -0.1) is 0 Å². The van der Waals surface area contributed by atoms with Gasteiger partial charge in [-0.25, -0.2) is 18.4 Å². The highest BCUT2D eigenvalue weighted by atomic mass is 32.2. The Morgan fingerprint density at radius 1 is 1.07 bits per heavy atom. The van der Waals surface area contributed by atoms with Crippen molar-refractivity contribution in [3.8, 4) is 0 Å². The SMILES string of the molecule is Cc1nc2ccccc2nc1CS(=O)(=O)[C@@H](C)C(=O)N1CCCc2ccccc21. The van der Waals surface area contributed by atoms with Crippen LogP contribution in [0.3, 0.4) is 0 Å². The number of anilines is 1. The molecule has 0 aliphatic carbocycles. The van der Waals surface area contributed by atoms with Crippen LogP contribution in [0.2, 0.25) is 0 Å². The molecule has 0 radical (unpaired) electrons. The second kappa shape index (κ2) is 7.55. The number of hydrogen-bond acceptors (Lipinski definition) is 5. The van der Waals surface area contributed by atoms with E-state index in [1.54, 1.807) is 17.9 Å². The molecule has 2 aromatic carbocycles. The molecule has 1 aliphatic heterocycles. The molecular formula is C22H23N3O3S. The first-order valence-corrected chi connectivity index (χ1v) is 11.4. The van der Waals surface area contributed by atoms with Gasteiger partial charge >= 0.3 is 0 Å². The van der Waals surface area contributed by atoms with Crippen molar-refractivity contribution in [3.05, 3.63) is 65.5 Å². The van der Waals surface area contributed by atoms with Crippen LogP contribution in [0.15, 0.2) is 48.5 Å². The number of aryl methyl sites for hydroxylation is 2. The fraction of sp³-hybridized carbons (Fsp3) is 0.318. The van der Waals surface area contributed by atoms with Crippen LogP contribution in [-0.2, 0) is 26.8 Å². The van der Waals surface area contributed by atoms with E-state index < -0.39 is 15.1 Å². The Morgan fingerprint density at radius 3 is 2.48 bits per heavy atom. The average Bonchev–Trinajstić information content (AvgIpc) is 2.72. The van der Waals surface area contributed by atoms with Gasteiger partial charge in [0.25, 0.3) is 0 Å². The third-order valence-corrected chi connectivity index (χ3v) is 7.40. The molecule has 3 aromatic rings. The van der Waals surface area contributed by atoms with Crippen LogP contribution >= 0.6 is 0 Å². The molecule has 1 atom stereocenters. The molecule has 1 amide bonds. The molecule has 0 spiro atoms. The zero-order valence-electron chi connectivity index (χ0n) is 16.5. The predicted molar refractivity (Wildman–Crippen MR) is 113 cm³/mol. The first kappa shape index (κ1) is 19.5. The lowest BCUT2D eigenvalue weighted by atomic mass is 10.0. The van der Waals surface area contributed by atoms with E-state index in [0.29, 0.717) is 23.4 Å². The summed E-state index contributed by atoms with van der Waals surface area (Å²) in [5.74, 6) is -0.692. The van der Waals surface area contributed by atoms with Crippen LogP contribution in [-0.4, -0.2) is 36.1 Å². The van der Waals surface area contributed by atoms with Crippen molar-refractivity contribution >= 4 is 32.5 Å². The number of rotatable bonds is 4. The molecular weight excluding hydrogens is 386 g/mol. The molecule has 0 bridgehead atoms.